The van der Waals surface area contributed by atoms with Gasteiger partial charge in [0.25, 0.3) is 0 Å². The van der Waals surface area contributed by atoms with Crippen molar-refractivity contribution in [2.24, 2.45) is 0 Å². The molecule has 1 N–H and O–H groups in total. The zero-order chi connectivity index (χ0) is 11.6. The molecule has 3 heteroatoms. The van der Waals surface area contributed by atoms with E-state index >= 15 is 0 Å². The van der Waals surface area contributed by atoms with Gasteiger partial charge in [-0.3, -0.25) is 4.90 Å². The lowest BCUT2D eigenvalue weighted by Gasteiger charge is -2.45. The van der Waals surface area contributed by atoms with E-state index in [1.807, 2.05) is 0 Å². The van der Waals surface area contributed by atoms with Crippen LogP contribution in [0.2, 0.25) is 0 Å². The molecule has 0 aromatic rings. The van der Waals surface area contributed by atoms with E-state index in [9.17, 15) is 0 Å². The molecule has 0 bridgehead atoms. The van der Waals surface area contributed by atoms with Gasteiger partial charge < -0.3 is 10.1 Å². The Labute approximate surface area is 99.5 Å². The van der Waals surface area contributed by atoms with Crippen LogP contribution in [0.4, 0.5) is 0 Å². The zero-order valence-electron chi connectivity index (χ0n) is 11.0. The maximum atomic E-state index is 5.75. The quantitative estimate of drug-likeness (QED) is 0.791. The first-order valence-corrected chi connectivity index (χ1v) is 6.77. The normalized spacial score (nSPS) is 41.4. The fraction of sp³-hybridized carbons (Fsp3) is 1.00. The van der Waals surface area contributed by atoms with E-state index in [-0.39, 0.29) is 5.54 Å². The molecule has 0 aliphatic carbocycles. The van der Waals surface area contributed by atoms with E-state index < -0.39 is 0 Å². The van der Waals surface area contributed by atoms with Crippen molar-refractivity contribution in [3.05, 3.63) is 0 Å². The molecule has 0 radical (unpaired) electrons. The summed E-state index contributed by atoms with van der Waals surface area (Å²) in [5.74, 6) is 0. The molecule has 3 atom stereocenters. The first kappa shape index (κ1) is 12.3. The molecular formula is C13H26N2O. The molecule has 0 aromatic heterocycles. The lowest BCUT2D eigenvalue weighted by molar-refractivity contribution is 0.00456. The summed E-state index contributed by atoms with van der Waals surface area (Å²) < 4.78 is 5.75. The molecule has 3 nitrogen and oxygen atoms in total. The van der Waals surface area contributed by atoms with Gasteiger partial charge in [0, 0.05) is 37.8 Å². The standard InChI is InChI=1S/C13H26N2O/c1-4-5-12-10-15(8-7-14-12)13(3)6-9-16-11(13)2/h11-12,14H,4-10H2,1-3H3. The molecule has 2 rings (SSSR count). The van der Waals surface area contributed by atoms with Gasteiger partial charge in [0.15, 0.2) is 0 Å². The second kappa shape index (κ2) is 5.03. The molecule has 2 aliphatic heterocycles. The Hall–Kier alpha value is -0.120. The minimum Gasteiger partial charge on any atom is -0.377 e. The second-order valence-electron chi connectivity index (χ2n) is 5.51. The molecular weight excluding hydrogens is 200 g/mol. The minimum absolute atomic E-state index is 0.272. The Morgan fingerprint density at radius 1 is 1.50 bits per heavy atom. The number of ether oxygens (including phenoxy) is 1. The van der Waals surface area contributed by atoms with E-state index in [1.165, 1.54) is 32.4 Å². The lowest BCUT2D eigenvalue weighted by Crippen LogP contribution is -2.60. The molecule has 0 aromatic carbocycles. The van der Waals surface area contributed by atoms with Gasteiger partial charge in [0.2, 0.25) is 0 Å². The average molecular weight is 226 g/mol. The van der Waals surface area contributed by atoms with Crippen LogP contribution in [0.5, 0.6) is 0 Å². The first-order valence-electron chi connectivity index (χ1n) is 6.77. The molecule has 16 heavy (non-hydrogen) atoms. The van der Waals surface area contributed by atoms with Crippen LogP contribution in [0.25, 0.3) is 0 Å². The Balaban J connectivity index is 1.98. The monoisotopic (exact) mass is 226 g/mol. The zero-order valence-corrected chi connectivity index (χ0v) is 11.0. The molecule has 0 spiro atoms. The van der Waals surface area contributed by atoms with E-state index in [4.69, 9.17) is 4.74 Å². The Bertz CT molecular complexity index is 232. The van der Waals surface area contributed by atoms with E-state index in [1.54, 1.807) is 0 Å². The van der Waals surface area contributed by atoms with Gasteiger partial charge in [0.1, 0.15) is 0 Å². The van der Waals surface area contributed by atoms with Crippen molar-refractivity contribution in [3.8, 4) is 0 Å². The second-order valence-corrected chi connectivity index (χ2v) is 5.51. The molecule has 2 aliphatic rings. The first-order chi connectivity index (χ1) is 7.66. The van der Waals surface area contributed by atoms with Gasteiger partial charge in [0.05, 0.1) is 6.10 Å². The third kappa shape index (κ3) is 2.27. The van der Waals surface area contributed by atoms with Crippen molar-refractivity contribution in [1.82, 2.24) is 10.2 Å². The summed E-state index contributed by atoms with van der Waals surface area (Å²) in [6.45, 7) is 11.3. The summed E-state index contributed by atoms with van der Waals surface area (Å²) in [5, 5.41) is 3.62. The number of rotatable bonds is 3. The molecule has 0 saturated carbocycles. The van der Waals surface area contributed by atoms with Crippen LogP contribution in [-0.2, 0) is 4.74 Å². The van der Waals surface area contributed by atoms with Gasteiger partial charge in [-0.1, -0.05) is 13.3 Å². The van der Waals surface area contributed by atoms with Crippen LogP contribution in [0, 0.1) is 0 Å². The summed E-state index contributed by atoms with van der Waals surface area (Å²) in [6.07, 6.45) is 4.14. The minimum atomic E-state index is 0.272. The number of piperazine rings is 1. The van der Waals surface area contributed by atoms with Crippen molar-refractivity contribution in [2.75, 3.05) is 26.2 Å². The highest BCUT2D eigenvalue weighted by atomic mass is 16.5. The smallest absolute Gasteiger partial charge is 0.0728 e. The number of hydrogen-bond acceptors (Lipinski definition) is 3. The predicted molar refractivity (Wildman–Crippen MR) is 66.7 cm³/mol. The van der Waals surface area contributed by atoms with Crippen LogP contribution in [0.3, 0.4) is 0 Å². The predicted octanol–water partition coefficient (Wildman–Crippen LogP) is 1.63. The van der Waals surface area contributed by atoms with Gasteiger partial charge >= 0.3 is 0 Å². The number of nitrogens with zero attached hydrogens (tertiary/aromatic N) is 1. The largest absolute Gasteiger partial charge is 0.377 e. The van der Waals surface area contributed by atoms with Gasteiger partial charge in [-0.2, -0.15) is 0 Å². The Kier molecular flexibility index (Phi) is 3.88. The Morgan fingerprint density at radius 3 is 2.94 bits per heavy atom. The number of hydrogen-bond donors (Lipinski definition) is 1. The maximum Gasteiger partial charge on any atom is 0.0728 e. The van der Waals surface area contributed by atoms with Crippen molar-refractivity contribution in [2.45, 2.75) is 57.7 Å². The van der Waals surface area contributed by atoms with Crippen molar-refractivity contribution < 1.29 is 4.74 Å². The summed E-state index contributed by atoms with van der Waals surface area (Å²) in [5.41, 5.74) is 0.272. The van der Waals surface area contributed by atoms with Crippen LogP contribution < -0.4 is 5.32 Å². The molecule has 2 heterocycles. The third-order valence-electron chi connectivity index (χ3n) is 4.47. The fourth-order valence-electron chi connectivity index (χ4n) is 3.07. The third-order valence-corrected chi connectivity index (χ3v) is 4.47. The Morgan fingerprint density at radius 2 is 2.31 bits per heavy atom. The lowest BCUT2D eigenvalue weighted by atomic mass is 9.90. The van der Waals surface area contributed by atoms with Crippen molar-refractivity contribution in [1.29, 1.82) is 0 Å². The maximum absolute atomic E-state index is 5.75. The highest BCUT2D eigenvalue weighted by Gasteiger charge is 2.43. The van der Waals surface area contributed by atoms with Gasteiger partial charge in [-0.25, -0.2) is 0 Å². The number of nitrogens with one attached hydrogen (secondary N) is 1. The summed E-state index contributed by atoms with van der Waals surface area (Å²) >= 11 is 0. The van der Waals surface area contributed by atoms with Crippen molar-refractivity contribution in [3.63, 3.8) is 0 Å². The topological polar surface area (TPSA) is 24.5 Å². The van der Waals surface area contributed by atoms with Gasteiger partial charge in [-0.05, 0) is 26.7 Å². The molecule has 3 unspecified atom stereocenters. The molecule has 0 amide bonds. The van der Waals surface area contributed by atoms with Gasteiger partial charge in [-0.15, -0.1) is 0 Å². The molecule has 2 fully saturated rings. The van der Waals surface area contributed by atoms with Crippen LogP contribution in [0.1, 0.15) is 40.0 Å². The summed E-state index contributed by atoms with van der Waals surface area (Å²) in [6, 6.07) is 0.684. The summed E-state index contributed by atoms with van der Waals surface area (Å²) in [4.78, 5) is 2.65. The molecule has 2 saturated heterocycles. The van der Waals surface area contributed by atoms with Crippen LogP contribution in [0.15, 0.2) is 0 Å². The fourth-order valence-corrected chi connectivity index (χ4v) is 3.07. The molecule has 94 valence electrons. The summed E-state index contributed by atoms with van der Waals surface area (Å²) in [7, 11) is 0. The van der Waals surface area contributed by atoms with Crippen LogP contribution >= 0.6 is 0 Å². The van der Waals surface area contributed by atoms with Crippen molar-refractivity contribution >= 4 is 0 Å². The van der Waals surface area contributed by atoms with E-state index in [0.717, 1.165) is 13.2 Å². The average Bonchev–Trinajstić information content (AvgIpc) is 2.62. The van der Waals surface area contributed by atoms with E-state index in [0.29, 0.717) is 12.1 Å². The van der Waals surface area contributed by atoms with E-state index in [2.05, 4.69) is 31.0 Å². The van der Waals surface area contributed by atoms with Crippen LogP contribution in [-0.4, -0.2) is 48.8 Å². The highest BCUT2D eigenvalue weighted by Crippen LogP contribution is 2.32. The SMILES string of the molecule is CCCC1CN(C2(C)CCOC2C)CCN1. The highest BCUT2D eigenvalue weighted by molar-refractivity contribution is 4.98.